The number of aromatic nitrogens is 1. The molecule has 0 atom stereocenters. The van der Waals surface area contributed by atoms with E-state index in [1.807, 2.05) is 6.07 Å². The lowest BCUT2D eigenvalue weighted by atomic mass is 10.1. The zero-order valence-electron chi connectivity index (χ0n) is 12.3. The Hall–Kier alpha value is -2.82. The van der Waals surface area contributed by atoms with Crippen molar-refractivity contribution in [3.63, 3.8) is 0 Å². The fraction of sp³-hybridized carbons (Fsp3) is 0.176. The quantitative estimate of drug-likeness (QED) is 0.882. The summed E-state index contributed by atoms with van der Waals surface area (Å²) in [5.74, 6) is 1.03. The average Bonchev–Trinajstić information content (AvgIpc) is 2.84. The van der Waals surface area contributed by atoms with Crippen molar-refractivity contribution in [2.75, 3.05) is 14.2 Å². The number of hydrogen-bond acceptors (Lipinski definition) is 4. The molecule has 0 fully saturated rings. The number of methoxy groups -OCH3 is 2. The molecule has 1 heterocycles. The van der Waals surface area contributed by atoms with E-state index in [-0.39, 0.29) is 11.3 Å². The summed E-state index contributed by atoms with van der Waals surface area (Å²) in [6.45, 7) is 0. The molecule has 1 aromatic carbocycles. The molecule has 3 rings (SSSR count). The molecule has 2 aromatic rings. The molecule has 1 N–H and O–H groups in total. The van der Waals surface area contributed by atoms with E-state index in [0.717, 1.165) is 5.56 Å². The van der Waals surface area contributed by atoms with Crippen LogP contribution in [0.2, 0.25) is 0 Å². The zero-order valence-corrected chi connectivity index (χ0v) is 12.3. The van der Waals surface area contributed by atoms with E-state index in [1.165, 1.54) is 7.11 Å². The highest BCUT2D eigenvalue weighted by Gasteiger charge is 2.27. The summed E-state index contributed by atoms with van der Waals surface area (Å²) in [7, 11) is 3.09. The van der Waals surface area contributed by atoms with Gasteiger partial charge >= 0.3 is 0 Å². The molecular formula is C17H15NO4. The summed E-state index contributed by atoms with van der Waals surface area (Å²) < 4.78 is 10.5. The Morgan fingerprint density at radius 1 is 1.14 bits per heavy atom. The van der Waals surface area contributed by atoms with Gasteiger partial charge in [0, 0.05) is 29.3 Å². The number of fused-ring (bicyclic) bond motifs is 1. The van der Waals surface area contributed by atoms with E-state index in [1.54, 1.807) is 37.6 Å². The molecule has 1 aromatic heterocycles. The molecule has 0 spiro atoms. The Balaban J connectivity index is 2.05. The minimum Gasteiger partial charge on any atom is -0.493 e. The summed E-state index contributed by atoms with van der Waals surface area (Å²) >= 11 is 0. The molecule has 0 unspecified atom stereocenters. The first kappa shape index (κ1) is 14.1. The van der Waals surface area contributed by atoms with Crippen LogP contribution in [0, 0.1) is 0 Å². The first-order valence-electron chi connectivity index (χ1n) is 6.82. The minimum absolute atomic E-state index is 0.0841. The first-order chi connectivity index (χ1) is 10.6. The van der Waals surface area contributed by atoms with Crippen LogP contribution in [0.4, 0.5) is 0 Å². The number of H-pyrrole nitrogens is 1. The molecule has 0 bridgehead atoms. The highest BCUT2D eigenvalue weighted by Crippen LogP contribution is 2.36. The largest absolute Gasteiger partial charge is 0.493 e. The van der Waals surface area contributed by atoms with E-state index >= 15 is 0 Å². The number of ketones is 1. The van der Waals surface area contributed by atoms with Crippen molar-refractivity contribution < 1.29 is 14.3 Å². The first-order valence-corrected chi connectivity index (χ1v) is 6.82. The number of carbonyl (C=O) groups is 1. The topological polar surface area (TPSA) is 68.4 Å². The fourth-order valence-corrected chi connectivity index (χ4v) is 2.59. The lowest BCUT2D eigenvalue weighted by Crippen LogP contribution is -2.08. The zero-order chi connectivity index (χ0) is 15.7. The number of ether oxygens (including phenoxy) is 2. The van der Waals surface area contributed by atoms with Crippen LogP contribution in [-0.4, -0.2) is 25.0 Å². The van der Waals surface area contributed by atoms with Gasteiger partial charge in [-0.05, 0) is 35.9 Å². The van der Waals surface area contributed by atoms with Crippen LogP contribution >= 0.6 is 0 Å². The molecule has 5 nitrogen and oxygen atoms in total. The van der Waals surface area contributed by atoms with Crippen LogP contribution in [0.5, 0.6) is 11.5 Å². The number of aromatic amines is 1. The molecule has 0 saturated heterocycles. The minimum atomic E-state index is -0.214. The van der Waals surface area contributed by atoms with E-state index in [0.29, 0.717) is 34.6 Å². The van der Waals surface area contributed by atoms with Gasteiger partial charge in [0.1, 0.15) is 0 Å². The number of pyridine rings is 1. The Kier molecular flexibility index (Phi) is 3.55. The molecule has 112 valence electrons. The SMILES string of the molecule is COc1cc2c(cc1OC)C(=O)/C(=C/c1ccc[nH]c1=O)C2. The van der Waals surface area contributed by atoms with Crippen molar-refractivity contribution in [3.05, 3.63) is 63.1 Å². The Bertz CT molecular complexity index is 833. The highest BCUT2D eigenvalue weighted by atomic mass is 16.5. The van der Waals surface area contributed by atoms with Crippen LogP contribution in [-0.2, 0) is 6.42 Å². The predicted octanol–water partition coefficient (Wildman–Crippen LogP) is 2.21. The normalized spacial score (nSPS) is 15.0. The van der Waals surface area contributed by atoms with Gasteiger partial charge in [-0.1, -0.05) is 0 Å². The number of rotatable bonds is 3. The molecule has 0 radical (unpaired) electrons. The van der Waals surface area contributed by atoms with Crippen LogP contribution in [0.25, 0.3) is 6.08 Å². The summed E-state index contributed by atoms with van der Waals surface area (Å²) in [4.78, 5) is 26.8. The second-order valence-electron chi connectivity index (χ2n) is 4.99. The van der Waals surface area contributed by atoms with Crippen molar-refractivity contribution in [1.29, 1.82) is 0 Å². The third kappa shape index (κ3) is 2.30. The Morgan fingerprint density at radius 3 is 2.55 bits per heavy atom. The van der Waals surface area contributed by atoms with E-state index < -0.39 is 0 Å². The maximum atomic E-state index is 12.5. The van der Waals surface area contributed by atoms with Gasteiger partial charge in [-0.3, -0.25) is 9.59 Å². The molecule has 5 heteroatoms. The lowest BCUT2D eigenvalue weighted by molar-refractivity contribution is 0.104. The van der Waals surface area contributed by atoms with Crippen LogP contribution in [0.3, 0.4) is 0 Å². The van der Waals surface area contributed by atoms with Crippen molar-refractivity contribution in [1.82, 2.24) is 4.98 Å². The van der Waals surface area contributed by atoms with Gasteiger partial charge in [0.2, 0.25) is 0 Å². The highest BCUT2D eigenvalue weighted by molar-refractivity contribution is 6.15. The second-order valence-corrected chi connectivity index (χ2v) is 4.99. The average molecular weight is 297 g/mol. The number of Topliss-reactive ketones (excluding diaryl/α,β-unsaturated/α-hetero) is 1. The van der Waals surface area contributed by atoms with Crippen molar-refractivity contribution in [3.8, 4) is 11.5 Å². The summed E-state index contributed by atoms with van der Waals surface area (Å²) in [5.41, 5.74) is 2.31. The van der Waals surface area contributed by atoms with Gasteiger partial charge in [-0.15, -0.1) is 0 Å². The van der Waals surface area contributed by atoms with E-state index in [2.05, 4.69) is 4.98 Å². The molecule has 0 aliphatic heterocycles. The van der Waals surface area contributed by atoms with Gasteiger partial charge in [-0.2, -0.15) is 0 Å². The maximum Gasteiger partial charge on any atom is 0.255 e. The molecule has 22 heavy (non-hydrogen) atoms. The van der Waals surface area contributed by atoms with Crippen LogP contribution < -0.4 is 15.0 Å². The molecule has 0 saturated carbocycles. The van der Waals surface area contributed by atoms with Gasteiger partial charge in [0.05, 0.1) is 14.2 Å². The lowest BCUT2D eigenvalue weighted by Gasteiger charge is -2.08. The monoisotopic (exact) mass is 297 g/mol. The standard InChI is InChI=1S/C17H15NO4/c1-21-14-8-11-7-12(6-10-4-3-5-18-17(10)20)16(19)13(11)9-15(14)22-2/h3-6,8-9H,7H2,1-2H3,(H,18,20)/b12-6+. The number of allylic oxidation sites excluding steroid dienone is 1. The molecule has 1 aliphatic carbocycles. The molecule has 0 amide bonds. The third-order valence-corrected chi connectivity index (χ3v) is 3.70. The number of benzene rings is 1. The fourth-order valence-electron chi connectivity index (χ4n) is 2.59. The van der Waals surface area contributed by atoms with Crippen LogP contribution in [0.15, 0.2) is 40.8 Å². The van der Waals surface area contributed by atoms with Gasteiger partial charge < -0.3 is 14.5 Å². The van der Waals surface area contributed by atoms with Gasteiger partial charge in [0.25, 0.3) is 5.56 Å². The van der Waals surface area contributed by atoms with E-state index in [9.17, 15) is 9.59 Å². The third-order valence-electron chi connectivity index (χ3n) is 3.70. The molecular weight excluding hydrogens is 282 g/mol. The number of nitrogens with one attached hydrogen (secondary N) is 1. The van der Waals surface area contributed by atoms with E-state index in [4.69, 9.17) is 9.47 Å². The smallest absolute Gasteiger partial charge is 0.255 e. The second kappa shape index (κ2) is 5.52. The maximum absolute atomic E-state index is 12.5. The summed E-state index contributed by atoms with van der Waals surface area (Å²) in [5, 5.41) is 0. The molecule has 1 aliphatic rings. The van der Waals surface area contributed by atoms with Crippen molar-refractivity contribution in [2.45, 2.75) is 6.42 Å². The summed E-state index contributed by atoms with van der Waals surface area (Å²) in [6.07, 6.45) is 3.67. The van der Waals surface area contributed by atoms with Crippen molar-refractivity contribution in [2.24, 2.45) is 0 Å². The van der Waals surface area contributed by atoms with Gasteiger partial charge in [0.15, 0.2) is 17.3 Å². The number of carbonyl (C=O) groups excluding carboxylic acids is 1. The summed E-state index contributed by atoms with van der Waals surface area (Å²) in [6, 6.07) is 6.91. The Morgan fingerprint density at radius 2 is 1.86 bits per heavy atom. The van der Waals surface area contributed by atoms with Crippen LogP contribution in [0.1, 0.15) is 21.5 Å². The Labute approximate surface area is 127 Å². The predicted molar refractivity (Wildman–Crippen MR) is 82.6 cm³/mol. The van der Waals surface area contributed by atoms with Crippen molar-refractivity contribution >= 4 is 11.9 Å². The van der Waals surface area contributed by atoms with Gasteiger partial charge in [-0.25, -0.2) is 0 Å². The number of hydrogen-bond donors (Lipinski definition) is 1.